The lowest BCUT2D eigenvalue weighted by molar-refractivity contribution is 0.262. The van der Waals surface area contributed by atoms with Crippen LogP contribution in [0.4, 0.5) is 16.3 Å². The Morgan fingerprint density at radius 2 is 1.75 bits per heavy atom. The van der Waals surface area contributed by atoms with Gasteiger partial charge in [-0.25, -0.2) is 4.79 Å². The van der Waals surface area contributed by atoms with Crippen LogP contribution < -0.4 is 15.4 Å². The standard InChI is InChI=1S/C22H20N4O2/c1-28-19-11-9-18(10-12-19)23-22(27)24-21-13-14-26(25-21)15-17-7-4-6-16-5-2-3-8-20(16)17/h2-14H,15H2,1H3,(H2,23,24,25,27). The first-order chi connectivity index (χ1) is 13.7. The van der Waals surface area contributed by atoms with Crippen LogP contribution in [0.5, 0.6) is 5.75 Å². The lowest BCUT2D eigenvalue weighted by Crippen LogP contribution is -2.19. The highest BCUT2D eigenvalue weighted by atomic mass is 16.5. The van der Waals surface area contributed by atoms with E-state index in [0.29, 0.717) is 18.1 Å². The molecule has 140 valence electrons. The first kappa shape index (κ1) is 17.6. The second-order valence-electron chi connectivity index (χ2n) is 6.34. The second kappa shape index (κ2) is 7.84. The molecule has 0 aliphatic heterocycles. The summed E-state index contributed by atoms with van der Waals surface area (Å²) in [6, 6.07) is 23.1. The van der Waals surface area contributed by atoms with Crippen LogP contribution in [0.15, 0.2) is 79.0 Å². The Hall–Kier alpha value is -3.80. The van der Waals surface area contributed by atoms with Crippen molar-refractivity contribution >= 4 is 28.3 Å². The summed E-state index contributed by atoms with van der Waals surface area (Å²) in [7, 11) is 1.60. The maximum Gasteiger partial charge on any atom is 0.324 e. The zero-order valence-corrected chi connectivity index (χ0v) is 15.4. The number of amides is 2. The minimum Gasteiger partial charge on any atom is -0.497 e. The average molecular weight is 372 g/mol. The van der Waals surface area contributed by atoms with Crippen LogP contribution in [-0.2, 0) is 6.54 Å². The third kappa shape index (κ3) is 3.96. The smallest absolute Gasteiger partial charge is 0.324 e. The number of methoxy groups -OCH3 is 1. The van der Waals surface area contributed by atoms with Gasteiger partial charge in [0.2, 0.25) is 0 Å². The van der Waals surface area contributed by atoms with Crippen LogP contribution in [0.25, 0.3) is 10.8 Å². The molecule has 4 aromatic rings. The second-order valence-corrected chi connectivity index (χ2v) is 6.34. The number of aromatic nitrogens is 2. The Kier molecular flexibility index (Phi) is 4.93. The molecule has 0 bridgehead atoms. The van der Waals surface area contributed by atoms with E-state index < -0.39 is 0 Å². The van der Waals surface area contributed by atoms with Crippen molar-refractivity contribution in [2.24, 2.45) is 0 Å². The van der Waals surface area contributed by atoms with Gasteiger partial charge in [0.15, 0.2) is 5.82 Å². The lowest BCUT2D eigenvalue weighted by Gasteiger charge is -2.08. The van der Waals surface area contributed by atoms with Crippen LogP contribution in [0, 0.1) is 0 Å². The van der Waals surface area contributed by atoms with Gasteiger partial charge >= 0.3 is 6.03 Å². The van der Waals surface area contributed by atoms with Gasteiger partial charge < -0.3 is 10.1 Å². The fraction of sp³-hybridized carbons (Fsp3) is 0.0909. The molecule has 0 spiro atoms. The molecule has 1 heterocycles. The van der Waals surface area contributed by atoms with Crippen molar-refractivity contribution in [3.63, 3.8) is 0 Å². The van der Waals surface area contributed by atoms with E-state index in [4.69, 9.17) is 4.74 Å². The van der Waals surface area contributed by atoms with Crippen molar-refractivity contribution in [3.8, 4) is 5.75 Å². The molecule has 4 rings (SSSR count). The molecule has 0 saturated carbocycles. The van der Waals surface area contributed by atoms with Crippen molar-refractivity contribution in [1.29, 1.82) is 0 Å². The van der Waals surface area contributed by atoms with Crippen molar-refractivity contribution < 1.29 is 9.53 Å². The lowest BCUT2D eigenvalue weighted by atomic mass is 10.0. The van der Waals surface area contributed by atoms with Gasteiger partial charge in [0.1, 0.15) is 5.75 Å². The Morgan fingerprint density at radius 1 is 0.964 bits per heavy atom. The molecule has 0 saturated heterocycles. The zero-order chi connectivity index (χ0) is 19.3. The third-order valence-corrected chi connectivity index (χ3v) is 4.44. The summed E-state index contributed by atoms with van der Waals surface area (Å²) in [5.41, 5.74) is 1.85. The van der Waals surface area contributed by atoms with E-state index in [1.54, 1.807) is 37.4 Å². The Labute approximate surface area is 162 Å². The number of carbonyl (C=O) groups excluding carboxylic acids is 1. The van der Waals surface area contributed by atoms with E-state index in [1.807, 2.05) is 29.1 Å². The van der Waals surface area contributed by atoms with Crippen LogP contribution in [0.2, 0.25) is 0 Å². The van der Waals surface area contributed by atoms with Gasteiger partial charge in [0, 0.05) is 18.0 Å². The highest BCUT2D eigenvalue weighted by molar-refractivity contribution is 5.99. The number of urea groups is 1. The molecule has 6 nitrogen and oxygen atoms in total. The third-order valence-electron chi connectivity index (χ3n) is 4.44. The predicted octanol–water partition coefficient (Wildman–Crippen LogP) is 4.74. The SMILES string of the molecule is COc1ccc(NC(=O)Nc2ccn(Cc3cccc4ccccc34)n2)cc1. The highest BCUT2D eigenvalue weighted by Crippen LogP contribution is 2.20. The maximum atomic E-state index is 12.2. The van der Waals surface area contributed by atoms with Crippen LogP contribution >= 0.6 is 0 Å². The van der Waals surface area contributed by atoms with Crippen LogP contribution in [0.3, 0.4) is 0 Å². The zero-order valence-electron chi connectivity index (χ0n) is 15.4. The van der Waals surface area contributed by atoms with Gasteiger partial charge in [-0.15, -0.1) is 0 Å². The number of carbonyl (C=O) groups is 1. The van der Waals surface area contributed by atoms with Gasteiger partial charge in [0.05, 0.1) is 13.7 Å². The molecule has 28 heavy (non-hydrogen) atoms. The quantitative estimate of drug-likeness (QED) is 0.532. The van der Waals surface area contributed by atoms with E-state index in [1.165, 1.54) is 16.3 Å². The summed E-state index contributed by atoms with van der Waals surface area (Å²) >= 11 is 0. The average Bonchev–Trinajstić information content (AvgIpc) is 3.15. The Morgan fingerprint density at radius 3 is 2.57 bits per heavy atom. The molecule has 0 fully saturated rings. The monoisotopic (exact) mass is 372 g/mol. The number of fused-ring (bicyclic) bond motifs is 1. The van der Waals surface area contributed by atoms with Crippen molar-refractivity contribution in [3.05, 3.63) is 84.6 Å². The van der Waals surface area contributed by atoms with Crippen molar-refractivity contribution in [2.75, 3.05) is 17.7 Å². The van der Waals surface area contributed by atoms with E-state index in [2.05, 4.69) is 40.0 Å². The molecule has 0 atom stereocenters. The van der Waals surface area contributed by atoms with Gasteiger partial charge in [-0.3, -0.25) is 10.00 Å². The van der Waals surface area contributed by atoms with Crippen molar-refractivity contribution in [1.82, 2.24) is 9.78 Å². The van der Waals surface area contributed by atoms with Gasteiger partial charge in [-0.05, 0) is 40.6 Å². The molecule has 0 aliphatic rings. The number of hydrogen-bond donors (Lipinski definition) is 2. The Bertz CT molecular complexity index is 1100. The number of benzene rings is 3. The minimum atomic E-state index is -0.347. The fourth-order valence-electron chi connectivity index (χ4n) is 3.07. The van der Waals surface area contributed by atoms with Gasteiger partial charge in [-0.2, -0.15) is 5.10 Å². The number of ether oxygens (including phenoxy) is 1. The number of rotatable bonds is 5. The molecule has 0 radical (unpaired) electrons. The van der Waals surface area contributed by atoms with E-state index in [-0.39, 0.29) is 6.03 Å². The predicted molar refractivity (Wildman–Crippen MR) is 111 cm³/mol. The number of anilines is 2. The summed E-state index contributed by atoms with van der Waals surface area (Å²) in [5.74, 6) is 1.23. The molecule has 0 unspecified atom stereocenters. The van der Waals surface area contributed by atoms with E-state index >= 15 is 0 Å². The molecule has 2 N–H and O–H groups in total. The van der Waals surface area contributed by atoms with Crippen molar-refractivity contribution in [2.45, 2.75) is 6.54 Å². The largest absolute Gasteiger partial charge is 0.497 e. The fourth-order valence-corrected chi connectivity index (χ4v) is 3.07. The molecular formula is C22H20N4O2. The topological polar surface area (TPSA) is 68.2 Å². The highest BCUT2D eigenvalue weighted by Gasteiger charge is 2.07. The summed E-state index contributed by atoms with van der Waals surface area (Å²) in [4.78, 5) is 12.2. The number of nitrogens with one attached hydrogen (secondary N) is 2. The maximum absolute atomic E-state index is 12.2. The normalized spacial score (nSPS) is 10.6. The summed E-state index contributed by atoms with van der Waals surface area (Å²) in [6.45, 7) is 0.628. The minimum absolute atomic E-state index is 0.347. The first-order valence-electron chi connectivity index (χ1n) is 8.93. The molecule has 2 amide bonds. The molecule has 3 aromatic carbocycles. The summed E-state index contributed by atoms with van der Waals surface area (Å²) in [6.07, 6.45) is 1.85. The van der Waals surface area contributed by atoms with Crippen LogP contribution in [0.1, 0.15) is 5.56 Å². The summed E-state index contributed by atoms with van der Waals surface area (Å²) < 4.78 is 6.92. The molecular weight excluding hydrogens is 352 g/mol. The number of hydrogen-bond acceptors (Lipinski definition) is 3. The molecule has 6 heteroatoms. The van der Waals surface area contributed by atoms with Gasteiger partial charge in [-0.1, -0.05) is 42.5 Å². The number of nitrogens with zero attached hydrogens (tertiary/aromatic N) is 2. The van der Waals surface area contributed by atoms with Crippen LogP contribution in [-0.4, -0.2) is 22.9 Å². The summed E-state index contributed by atoms with van der Waals surface area (Å²) in [5, 5.41) is 12.4. The van der Waals surface area contributed by atoms with Gasteiger partial charge in [0.25, 0.3) is 0 Å². The molecule has 1 aromatic heterocycles. The van der Waals surface area contributed by atoms with E-state index in [0.717, 1.165) is 5.75 Å². The first-order valence-corrected chi connectivity index (χ1v) is 8.93. The Balaban J connectivity index is 1.41. The molecule has 0 aliphatic carbocycles. The van der Waals surface area contributed by atoms with E-state index in [9.17, 15) is 4.79 Å².